The highest BCUT2D eigenvalue weighted by Crippen LogP contribution is 2.35. The van der Waals surface area contributed by atoms with E-state index in [9.17, 15) is 0 Å². The van der Waals surface area contributed by atoms with E-state index in [1.807, 2.05) is 25.1 Å². The Bertz CT molecular complexity index is 593. The molecule has 1 atom stereocenters. The minimum Gasteiger partial charge on any atom is -0.324 e. The van der Waals surface area contributed by atoms with Crippen molar-refractivity contribution in [2.75, 3.05) is 0 Å². The van der Waals surface area contributed by atoms with Gasteiger partial charge in [0.25, 0.3) is 0 Å². The molecule has 2 aromatic carbocycles. The summed E-state index contributed by atoms with van der Waals surface area (Å²) >= 11 is 8.00. The topological polar surface area (TPSA) is 26.0 Å². The van der Waals surface area contributed by atoms with Gasteiger partial charge in [-0.3, -0.25) is 0 Å². The molecule has 0 aliphatic carbocycles. The molecule has 0 radical (unpaired) electrons. The van der Waals surface area contributed by atoms with E-state index in [0.29, 0.717) is 0 Å². The second kappa shape index (κ2) is 6.00. The standard InChI is InChI=1S/C16H18ClNS/c1-10-4-6-14(8-11(10)2)19-16-7-5-13(12(3)18)9-15(16)17/h4-9,12H,18H2,1-3H3/t12-/m1/s1. The Balaban J connectivity index is 2.25. The zero-order chi connectivity index (χ0) is 14.0. The van der Waals surface area contributed by atoms with E-state index in [-0.39, 0.29) is 6.04 Å². The van der Waals surface area contributed by atoms with Gasteiger partial charge in [0.2, 0.25) is 0 Å². The van der Waals surface area contributed by atoms with E-state index in [1.165, 1.54) is 16.0 Å². The summed E-state index contributed by atoms with van der Waals surface area (Å²) in [7, 11) is 0. The first-order valence-corrected chi connectivity index (χ1v) is 7.47. The highest BCUT2D eigenvalue weighted by atomic mass is 35.5. The van der Waals surface area contributed by atoms with Gasteiger partial charge in [0.1, 0.15) is 0 Å². The second-order valence-corrected chi connectivity index (χ2v) is 6.35. The van der Waals surface area contributed by atoms with Crippen LogP contribution in [0.3, 0.4) is 0 Å². The maximum Gasteiger partial charge on any atom is 0.0548 e. The predicted octanol–water partition coefficient (Wildman–Crippen LogP) is 5.13. The van der Waals surface area contributed by atoms with Gasteiger partial charge in [0, 0.05) is 15.8 Å². The van der Waals surface area contributed by atoms with Gasteiger partial charge in [-0.1, -0.05) is 35.5 Å². The van der Waals surface area contributed by atoms with Crippen molar-refractivity contribution in [2.45, 2.75) is 36.6 Å². The zero-order valence-electron chi connectivity index (χ0n) is 11.4. The molecular weight excluding hydrogens is 274 g/mol. The minimum absolute atomic E-state index is 0.0122. The molecule has 0 aromatic heterocycles. The SMILES string of the molecule is Cc1ccc(Sc2ccc([C@@H](C)N)cc2Cl)cc1C. The molecule has 1 nitrogen and oxygen atoms in total. The lowest BCUT2D eigenvalue weighted by Gasteiger charge is -2.10. The van der Waals surface area contributed by atoms with Crippen molar-refractivity contribution in [1.82, 2.24) is 0 Å². The van der Waals surface area contributed by atoms with Crippen LogP contribution in [-0.2, 0) is 0 Å². The normalized spacial score (nSPS) is 12.5. The summed E-state index contributed by atoms with van der Waals surface area (Å²) in [6.45, 7) is 6.20. The van der Waals surface area contributed by atoms with Crippen molar-refractivity contribution in [2.24, 2.45) is 5.73 Å². The summed E-state index contributed by atoms with van der Waals surface area (Å²) in [4.78, 5) is 2.27. The largest absolute Gasteiger partial charge is 0.324 e. The molecule has 0 aliphatic heterocycles. The number of hydrogen-bond acceptors (Lipinski definition) is 2. The van der Waals surface area contributed by atoms with Crippen LogP contribution in [0, 0.1) is 13.8 Å². The van der Waals surface area contributed by atoms with E-state index >= 15 is 0 Å². The van der Waals surface area contributed by atoms with Gasteiger partial charge < -0.3 is 5.73 Å². The minimum atomic E-state index is 0.0122. The van der Waals surface area contributed by atoms with Crippen LogP contribution in [-0.4, -0.2) is 0 Å². The average molecular weight is 292 g/mol. The molecule has 2 aromatic rings. The second-order valence-electron chi connectivity index (χ2n) is 4.83. The van der Waals surface area contributed by atoms with Gasteiger partial charge in [-0.25, -0.2) is 0 Å². The molecule has 0 spiro atoms. The lowest BCUT2D eigenvalue weighted by Crippen LogP contribution is -2.04. The molecular formula is C16H18ClNS. The van der Waals surface area contributed by atoms with E-state index in [2.05, 4.69) is 32.0 Å². The van der Waals surface area contributed by atoms with Gasteiger partial charge in [-0.05, 0) is 61.7 Å². The predicted molar refractivity (Wildman–Crippen MR) is 84.1 cm³/mol. The highest BCUT2D eigenvalue weighted by Gasteiger charge is 2.07. The van der Waals surface area contributed by atoms with Gasteiger partial charge in [-0.2, -0.15) is 0 Å². The summed E-state index contributed by atoms with van der Waals surface area (Å²) in [5.74, 6) is 0. The third-order valence-electron chi connectivity index (χ3n) is 3.19. The fourth-order valence-corrected chi connectivity index (χ4v) is 3.01. The Labute approximate surface area is 124 Å². The number of rotatable bonds is 3. The molecule has 0 bridgehead atoms. The fraction of sp³-hybridized carbons (Fsp3) is 0.250. The maximum atomic E-state index is 6.32. The smallest absolute Gasteiger partial charge is 0.0548 e. The first-order chi connectivity index (χ1) is 8.97. The van der Waals surface area contributed by atoms with Crippen LogP contribution in [0.15, 0.2) is 46.2 Å². The van der Waals surface area contributed by atoms with Crippen molar-refractivity contribution >= 4 is 23.4 Å². The van der Waals surface area contributed by atoms with Crippen molar-refractivity contribution in [3.63, 3.8) is 0 Å². The van der Waals surface area contributed by atoms with E-state index < -0.39 is 0 Å². The number of halogens is 1. The van der Waals surface area contributed by atoms with Crippen LogP contribution < -0.4 is 5.73 Å². The summed E-state index contributed by atoms with van der Waals surface area (Å²) in [5, 5.41) is 0.762. The third-order valence-corrected chi connectivity index (χ3v) is 4.68. The lowest BCUT2D eigenvalue weighted by molar-refractivity contribution is 0.817. The van der Waals surface area contributed by atoms with E-state index in [1.54, 1.807) is 11.8 Å². The molecule has 0 saturated carbocycles. The van der Waals surface area contributed by atoms with Crippen LogP contribution in [0.1, 0.15) is 29.7 Å². The van der Waals surface area contributed by atoms with Gasteiger partial charge in [0.15, 0.2) is 0 Å². The molecule has 0 fully saturated rings. The van der Waals surface area contributed by atoms with Gasteiger partial charge in [0.05, 0.1) is 5.02 Å². The maximum absolute atomic E-state index is 6.32. The molecule has 0 heterocycles. The third kappa shape index (κ3) is 3.53. The van der Waals surface area contributed by atoms with Crippen molar-refractivity contribution < 1.29 is 0 Å². The first-order valence-electron chi connectivity index (χ1n) is 6.27. The van der Waals surface area contributed by atoms with E-state index in [4.69, 9.17) is 17.3 Å². The summed E-state index contributed by atoms with van der Waals surface area (Å²) < 4.78 is 0. The molecule has 3 heteroatoms. The first kappa shape index (κ1) is 14.4. The Kier molecular flexibility index (Phi) is 4.56. The van der Waals surface area contributed by atoms with Crippen molar-refractivity contribution in [3.05, 3.63) is 58.1 Å². The summed E-state index contributed by atoms with van der Waals surface area (Å²) in [6, 6.07) is 12.5. The van der Waals surface area contributed by atoms with Crippen LogP contribution in [0.4, 0.5) is 0 Å². The van der Waals surface area contributed by atoms with Crippen molar-refractivity contribution in [3.8, 4) is 0 Å². The number of aryl methyl sites for hydroxylation is 2. The molecule has 19 heavy (non-hydrogen) atoms. The summed E-state index contributed by atoms with van der Waals surface area (Å²) in [5.41, 5.74) is 9.53. The monoisotopic (exact) mass is 291 g/mol. The zero-order valence-corrected chi connectivity index (χ0v) is 13.0. The average Bonchev–Trinajstić information content (AvgIpc) is 2.36. The molecule has 100 valence electrons. The summed E-state index contributed by atoms with van der Waals surface area (Å²) in [6.07, 6.45) is 0. The van der Waals surface area contributed by atoms with Crippen LogP contribution in [0.5, 0.6) is 0 Å². The van der Waals surface area contributed by atoms with Crippen molar-refractivity contribution in [1.29, 1.82) is 0 Å². The molecule has 0 saturated heterocycles. The Hall–Kier alpha value is -0.960. The Morgan fingerprint density at radius 3 is 2.37 bits per heavy atom. The number of hydrogen-bond donors (Lipinski definition) is 1. The number of benzene rings is 2. The van der Waals surface area contributed by atoms with Crippen LogP contribution >= 0.6 is 23.4 Å². The molecule has 0 amide bonds. The van der Waals surface area contributed by atoms with Gasteiger partial charge in [-0.15, -0.1) is 0 Å². The molecule has 2 rings (SSSR count). The van der Waals surface area contributed by atoms with E-state index in [0.717, 1.165) is 15.5 Å². The quantitative estimate of drug-likeness (QED) is 0.848. The van der Waals surface area contributed by atoms with Gasteiger partial charge >= 0.3 is 0 Å². The molecule has 0 aliphatic rings. The Morgan fingerprint density at radius 1 is 1.05 bits per heavy atom. The van der Waals surface area contributed by atoms with Crippen LogP contribution in [0.25, 0.3) is 0 Å². The molecule has 2 N–H and O–H groups in total. The Morgan fingerprint density at radius 2 is 1.79 bits per heavy atom. The van der Waals surface area contributed by atoms with Crippen LogP contribution in [0.2, 0.25) is 5.02 Å². The fourth-order valence-electron chi connectivity index (χ4n) is 1.79. The number of nitrogens with two attached hydrogens (primary N) is 1. The highest BCUT2D eigenvalue weighted by molar-refractivity contribution is 7.99. The lowest BCUT2D eigenvalue weighted by atomic mass is 10.1. The molecule has 0 unspecified atom stereocenters.